The fourth-order valence-electron chi connectivity index (χ4n) is 3.44. The van der Waals surface area contributed by atoms with Crippen molar-refractivity contribution < 1.29 is 14.1 Å². The van der Waals surface area contributed by atoms with Crippen molar-refractivity contribution in [3.05, 3.63) is 30.4 Å². The molecule has 3 heterocycles. The van der Waals surface area contributed by atoms with E-state index in [1.807, 2.05) is 11.0 Å². The summed E-state index contributed by atoms with van der Waals surface area (Å²) in [5.41, 5.74) is 0. The lowest BCUT2D eigenvalue weighted by Crippen LogP contribution is -2.48. The molecule has 0 bridgehead atoms. The Balaban J connectivity index is 1.45. The van der Waals surface area contributed by atoms with Gasteiger partial charge in [-0.15, -0.1) is 0 Å². The summed E-state index contributed by atoms with van der Waals surface area (Å²) in [4.78, 5) is 25.2. The maximum absolute atomic E-state index is 12.4. The van der Waals surface area contributed by atoms with Crippen molar-refractivity contribution in [2.24, 2.45) is 0 Å². The number of hydrogen-bond donors (Lipinski definition) is 0. The summed E-state index contributed by atoms with van der Waals surface area (Å²) < 4.78 is 10.2. The second-order valence-corrected chi connectivity index (χ2v) is 6.46. The summed E-state index contributed by atoms with van der Waals surface area (Å²) in [7, 11) is 1.61. The molecule has 1 saturated heterocycles. The molecule has 2 aromatic heterocycles. The molecule has 1 aliphatic heterocycles. The zero-order valence-corrected chi connectivity index (χ0v) is 14.2. The van der Waals surface area contributed by atoms with E-state index < -0.39 is 0 Å². The van der Waals surface area contributed by atoms with Crippen molar-refractivity contribution in [3.63, 3.8) is 0 Å². The van der Waals surface area contributed by atoms with Gasteiger partial charge in [0.05, 0.1) is 13.3 Å². The third kappa shape index (κ3) is 3.29. The fraction of sp³-hybridized carbons (Fsp3) is 0.529. The number of likely N-dealkylation sites (tertiary alicyclic amines) is 1. The summed E-state index contributed by atoms with van der Waals surface area (Å²) >= 11 is 0. The van der Waals surface area contributed by atoms with Gasteiger partial charge >= 0.3 is 0 Å². The van der Waals surface area contributed by atoms with E-state index >= 15 is 0 Å². The van der Waals surface area contributed by atoms with Gasteiger partial charge in [-0.05, 0) is 25.7 Å². The Morgan fingerprint density at radius 1 is 1.24 bits per heavy atom. The van der Waals surface area contributed by atoms with Crippen molar-refractivity contribution in [2.45, 2.75) is 37.8 Å². The summed E-state index contributed by atoms with van der Waals surface area (Å²) in [6.45, 7) is 1.41. The zero-order valence-electron chi connectivity index (χ0n) is 14.2. The van der Waals surface area contributed by atoms with Crippen LogP contribution in [-0.2, 0) is 0 Å². The maximum Gasteiger partial charge on any atom is 0.292 e. The molecule has 0 unspecified atom stereocenters. The first kappa shape index (κ1) is 15.9. The van der Waals surface area contributed by atoms with Crippen LogP contribution < -0.4 is 9.64 Å². The normalized spacial score (nSPS) is 18.2. The molecule has 2 aromatic rings. The Morgan fingerprint density at radius 2 is 2.00 bits per heavy atom. The number of methoxy groups -OCH3 is 1. The van der Waals surface area contributed by atoms with Crippen LogP contribution in [0.25, 0.3) is 0 Å². The molecule has 1 aliphatic carbocycles. The minimum absolute atomic E-state index is 0.0855. The van der Waals surface area contributed by atoms with Crippen molar-refractivity contribution in [3.8, 4) is 5.88 Å². The van der Waals surface area contributed by atoms with E-state index in [1.54, 1.807) is 19.5 Å². The molecular weight excluding hydrogens is 322 g/mol. The highest BCUT2D eigenvalue weighted by atomic mass is 16.5. The summed E-state index contributed by atoms with van der Waals surface area (Å²) in [6, 6.07) is 4.40. The molecular formula is C17H21N5O3. The van der Waals surface area contributed by atoms with Gasteiger partial charge in [-0.3, -0.25) is 4.79 Å². The van der Waals surface area contributed by atoms with Crippen LogP contribution in [0.1, 0.15) is 36.2 Å². The predicted octanol–water partition coefficient (Wildman–Crippen LogP) is 1.75. The number of hydrogen-bond acceptors (Lipinski definition) is 7. The van der Waals surface area contributed by atoms with Gasteiger partial charge in [-0.25, -0.2) is 9.97 Å². The van der Waals surface area contributed by atoms with Gasteiger partial charge in [0, 0.05) is 37.3 Å². The average Bonchev–Trinajstić information content (AvgIpc) is 3.33. The number of carbonyl (C=O) groups excluding carboxylic acids is 1. The van der Waals surface area contributed by atoms with Gasteiger partial charge < -0.3 is 19.1 Å². The SMILES string of the molecule is COc1cc(N(C2CC2)C2CCN(C(=O)c3ccno3)CC2)ncn1. The van der Waals surface area contributed by atoms with E-state index in [1.165, 1.54) is 19.0 Å². The molecule has 0 spiro atoms. The van der Waals surface area contributed by atoms with Crippen LogP contribution >= 0.6 is 0 Å². The number of rotatable bonds is 5. The first-order valence-corrected chi connectivity index (χ1v) is 8.60. The van der Waals surface area contributed by atoms with Crippen LogP contribution in [0.15, 0.2) is 29.2 Å². The van der Waals surface area contributed by atoms with Gasteiger partial charge in [0.1, 0.15) is 12.1 Å². The topological polar surface area (TPSA) is 84.6 Å². The Labute approximate surface area is 145 Å². The molecule has 0 aromatic carbocycles. The number of piperidine rings is 1. The number of anilines is 1. The van der Waals surface area contributed by atoms with Crippen LogP contribution in [0.4, 0.5) is 5.82 Å². The third-order valence-electron chi connectivity index (χ3n) is 4.84. The number of ether oxygens (including phenoxy) is 1. The lowest BCUT2D eigenvalue weighted by molar-refractivity contribution is 0.0670. The number of carbonyl (C=O) groups is 1. The standard InChI is InChI=1S/C17H21N5O3/c1-24-16-10-15(18-11-19-16)22(12-2-3-12)13-5-8-21(9-6-13)17(23)14-4-7-20-25-14/h4,7,10-13H,2-3,5-6,8-9H2,1H3. The van der Waals surface area contributed by atoms with E-state index in [-0.39, 0.29) is 5.91 Å². The van der Waals surface area contributed by atoms with E-state index in [9.17, 15) is 4.79 Å². The Bertz CT molecular complexity index is 724. The molecule has 132 valence electrons. The second kappa shape index (κ2) is 6.70. The monoisotopic (exact) mass is 343 g/mol. The quantitative estimate of drug-likeness (QED) is 0.817. The molecule has 1 amide bonds. The average molecular weight is 343 g/mol. The van der Waals surface area contributed by atoms with Crippen LogP contribution in [0.5, 0.6) is 5.88 Å². The Kier molecular flexibility index (Phi) is 4.25. The molecule has 2 aliphatic rings. The van der Waals surface area contributed by atoms with E-state index in [4.69, 9.17) is 9.26 Å². The highest BCUT2D eigenvalue weighted by Gasteiger charge is 2.37. The van der Waals surface area contributed by atoms with E-state index in [0.29, 0.717) is 36.8 Å². The lowest BCUT2D eigenvalue weighted by atomic mass is 10.0. The van der Waals surface area contributed by atoms with Gasteiger partial charge in [0.15, 0.2) is 0 Å². The van der Waals surface area contributed by atoms with Gasteiger partial charge in [-0.1, -0.05) is 5.16 Å². The smallest absolute Gasteiger partial charge is 0.292 e. The highest BCUT2D eigenvalue weighted by molar-refractivity contribution is 5.91. The molecule has 25 heavy (non-hydrogen) atoms. The molecule has 2 fully saturated rings. The zero-order chi connectivity index (χ0) is 17.2. The number of amides is 1. The van der Waals surface area contributed by atoms with Crippen molar-refractivity contribution in [2.75, 3.05) is 25.1 Å². The minimum atomic E-state index is -0.0855. The minimum Gasteiger partial charge on any atom is -0.481 e. The molecule has 1 saturated carbocycles. The number of aromatic nitrogens is 3. The number of nitrogens with zero attached hydrogens (tertiary/aromatic N) is 5. The molecule has 4 rings (SSSR count). The van der Waals surface area contributed by atoms with Crippen molar-refractivity contribution >= 4 is 11.7 Å². The first-order valence-electron chi connectivity index (χ1n) is 8.60. The lowest BCUT2D eigenvalue weighted by Gasteiger charge is -2.39. The summed E-state index contributed by atoms with van der Waals surface area (Å²) in [6.07, 6.45) is 7.22. The molecule has 8 nitrogen and oxygen atoms in total. The third-order valence-corrected chi connectivity index (χ3v) is 4.84. The van der Waals surface area contributed by atoms with Gasteiger partial charge in [-0.2, -0.15) is 0 Å². The van der Waals surface area contributed by atoms with E-state index in [2.05, 4.69) is 20.0 Å². The maximum atomic E-state index is 12.4. The Morgan fingerprint density at radius 3 is 2.64 bits per heavy atom. The molecule has 8 heteroatoms. The summed E-state index contributed by atoms with van der Waals surface area (Å²) in [5.74, 6) is 1.71. The van der Waals surface area contributed by atoms with Crippen molar-refractivity contribution in [1.29, 1.82) is 0 Å². The van der Waals surface area contributed by atoms with E-state index in [0.717, 1.165) is 18.7 Å². The van der Waals surface area contributed by atoms with Crippen molar-refractivity contribution in [1.82, 2.24) is 20.0 Å². The van der Waals surface area contributed by atoms with Crippen LogP contribution in [0, 0.1) is 0 Å². The van der Waals surface area contributed by atoms with Crippen LogP contribution in [0.2, 0.25) is 0 Å². The second-order valence-electron chi connectivity index (χ2n) is 6.46. The predicted molar refractivity (Wildman–Crippen MR) is 89.5 cm³/mol. The molecule has 0 radical (unpaired) electrons. The van der Waals surface area contributed by atoms with Gasteiger partial charge in [0.25, 0.3) is 5.91 Å². The molecule has 0 N–H and O–H groups in total. The van der Waals surface area contributed by atoms with Gasteiger partial charge in [0.2, 0.25) is 11.6 Å². The first-order chi connectivity index (χ1) is 12.3. The fourth-order valence-corrected chi connectivity index (χ4v) is 3.44. The van der Waals surface area contributed by atoms with Crippen LogP contribution in [0.3, 0.4) is 0 Å². The Hall–Kier alpha value is -2.64. The summed E-state index contributed by atoms with van der Waals surface area (Å²) in [5, 5.41) is 3.61. The van der Waals surface area contributed by atoms with Crippen LogP contribution in [-0.4, -0.2) is 58.2 Å². The largest absolute Gasteiger partial charge is 0.481 e. The highest BCUT2D eigenvalue weighted by Crippen LogP contribution is 2.36. The molecule has 0 atom stereocenters.